The lowest BCUT2D eigenvalue weighted by molar-refractivity contribution is -0.146. The average molecular weight is 521 g/mol. The number of sulfone groups is 1. The zero-order chi connectivity index (χ0) is 24.8. The highest BCUT2D eigenvalue weighted by Gasteiger charge is 2.59. The van der Waals surface area contributed by atoms with Gasteiger partial charge in [0.25, 0.3) is 0 Å². The molecule has 0 bridgehead atoms. The summed E-state index contributed by atoms with van der Waals surface area (Å²) >= 11 is 6.19. The molecule has 0 aromatic heterocycles. The molecular formula is C24H29ClN4O5S. The van der Waals surface area contributed by atoms with E-state index in [4.69, 9.17) is 16.3 Å². The summed E-state index contributed by atoms with van der Waals surface area (Å²) in [6, 6.07) is 8.29. The molecule has 0 unspecified atom stereocenters. The van der Waals surface area contributed by atoms with Crippen LogP contribution in [-0.4, -0.2) is 72.4 Å². The molecule has 1 aromatic carbocycles. The average Bonchev–Trinajstić information content (AvgIpc) is 3.77. The number of carbonyl (C=O) groups is 2. The molecule has 0 spiro atoms. The maximum Gasteiger partial charge on any atom is 0.410 e. The minimum absolute atomic E-state index is 0.00254. The number of likely N-dealkylation sites (tertiary alicyclic amines) is 2. The first-order chi connectivity index (χ1) is 16.7. The number of carbonyl (C=O) groups excluding carboxylic acids is 2. The molecule has 5 rings (SSSR count). The summed E-state index contributed by atoms with van der Waals surface area (Å²) in [4.78, 5) is 30.1. The van der Waals surface area contributed by atoms with Gasteiger partial charge in [-0.05, 0) is 63.7 Å². The largest absolute Gasteiger partial charge is 0.425 e. The van der Waals surface area contributed by atoms with Crippen LogP contribution in [0.25, 0.3) is 0 Å². The Balaban J connectivity index is 1.40. The fraction of sp³-hybridized carbons (Fsp3) is 0.625. The van der Waals surface area contributed by atoms with E-state index in [-0.39, 0.29) is 28.8 Å². The Morgan fingerprint density at radius 2 is 1.80 bits per heavy atom. The fourth-order valence-corrected chi connectivity index (χ4v) is 7.48. The van der Waals surface area contributed by atoms with Crippen LogP contribution >= 0.6 is 11.6 Å². The summed E-state index contributed by atoms with van der Waals surface area (Å²) in [6.45, 7) is 1.58. The maximum atomic E-state index is 13.8. The third-order valence-corrected chi connectivity index (χ3v) is 10.3. The van der Waals surface area contributed by atoms with Crippen molar-refractivity contribution in [1.82, 2.24) is 15.1 Å². The van der Waals surface area contributed by atoms with Crippen molar-refractivity contribution in [2.45, 2.75) is 78.8 Å². The van der Waals surface area contributed by atoms with Crippen molar-refractivity contribution in [2.75, 3.05) is 19.6 Å². The van der Waals surface area contributed by atoms with Gasteiger partial charge >= 0.3 is 6.09 Å². The van der Waals surface area contributed by atoms with E-state index in [1.54, 1.807) is 12.1 Å². The lowest BCUT2D eigenvalue weighted by Gasteiger charge is -2.37. The molecule has 2 saturated carbocycles. The van der Waals surface area contributed by atoms with Crippen LogP contribution in [0.4, 0.5) is 4.79 Å². The quantitative estimate of drug-likeness (QED) is 0.612. The minimum atomic E-state index is -3.89. The topological polar surface area (TPSA) is 120 Å². The molecule has 4 fully saturated rings. The van der Waals surface area contributed by atoms with Gasteiger partial charge in [-0.15, -0.1) is 0 Å². The molecule has 0 radical (unpaired) electrons. The predicted molar refractivity (Wildman–Crippen MR) is 127 cm³/mol. The summed E-state index contributed by atoms with van der Waals surface area (Å²) in [5.74, 6) is -0.185. The Morgan fingerprint density at radius 1 is 1.11 bits per heavy atom. The number of piperidine rings is 1. The van der Waals surface area contributed by atoms with Gasteiger partial charge in [0.1, 0.15) is 11.1 Å². The van der Waals surface area contributed by atoms with Crippen molar-refractivity contribution < 1.29 is 22.7 Å². The van der Waals surface area contributed by atoms with Gasteiger partial charge in [-0.3, -0.25) is 9.69 Å². The van der Waals surface area contributed by atoms with E-state index in [0.29, 0.717) is 25.7 Å². The minimum Gasteiger partial charge on any atom is -0.425 e. The van der Waals surface area contributed by atoms with Crippen molar-refractivity contribution in [1.29, 1.82) is 5.26 Å². The number of hydrogen-bond acceptors (Lipinski definition) is 7. The summed E-state index contributed by atoms with van der Waals surface area (Å²) in [5, 5.41) is 11.0. The van der Waals surface area contributed by atoms with Gasteiger partial charge in [-0.1, -0.05) is 30.2 Å². The van der Waals surface area contributed by atoms with Crippen LogP contribution in [0.15, 0.2) is 29.2 Å². The molecule has 188 valence electrons. The molecule has 35 heavy (non-hydrogen) atoms. The molecule has 9 nitrogen and oxygen atoms in total. The Kier molecular flexibility index (Phi) is 6.22. The number of amides is 2. The summed E-state index contributed by atoms with van der Waals surface area (Å²) in [6.07, 6.45) is 3.76. The Hall–Kier alpha value is -2.35. The summed E-state index contributed by atoms with van der Waals surface area (Å²) < 4.78 is 32.6. The van der Waals surface area contributed by atoms with Crippen molar-refractivity contribution in [2.24, 2.45) is 0 Å². The van der Waals surface area contributed by atoms with E-state index in [2.05, 4.69) is 16.3 Å². The van der Waals surface area contributed by atoms with E-state index in [1.807, 2.05) is 0 Å². The third-order valence-electron chi connectivity index (χ3n) is 7.69. The van der Waals surface area contributed by atoms with Crippen LogP contribution in [0.5, 0.6) is 0 Å². The zero-order valence-corrected chi connectivity index (χ0v) is 21.0. The van der Waals surface area contributed by atoms with Crippen molar-refractivity contribution in [3.8, 4) is 6.07 Å². The third kappa shape index (κ3) is 4.50. The van der Waals surface area contributed by atoms with E-state index in [1.165, 1.54) is 17.0 Å². The molecule has 2 atom stereocenters. The van der Waals surface area contributed by atoms with Gasteiger partial charge in [0, 0.05) is 13.0 Å². The number of nitriles is 1. The van der Waals surface area contributed by atoms with E-state index < -0.39 is 38.5 Å². The normalized spacial score (nSPS) is 27.0. The SMILES string of the molecule is N#CC1(NC(=O)O[C@H]2C[C@@H](S(=O)(=O)c3ccccc3Cl)CN2C(=O)C2(N3CCCCC3)CC2)CC1. The molecule has 2 saturated heterocycles. The second kappa shape index (κ2) is 8.95. The first kappa shape index (κ1) is 24.3. The number of nitrogens with one attached hydrogen (secondary N) is 1. The molecule has 4 aliphatic rings. The summed E-state index contributed by atoms with van der Waals surface area (Å²) in [5.41, 5.74) is -1.58. The number of alkyl carbamates (subject to hydrolysis) is 1. The molecule has 2 aliphatic heterocycles. The smallest absolute Gasteiger partial charge is 0.410 e. The number of hydrogen-bond donors (Lipinski definition) is 1. The lowest BCUT2D eigenvalue weighted by Crippen LogP contribution is -2.54. The highest BCUT2D eigenvalue weighted by molar-refractivity contribution is 7.92. The van der Waals surface area contributed by atoms with Crippen molar-refractivity contribution in [3.05, 3.63) is 29.3 Å². The second-order valence-electron chi connectivity index (χ2n) is 10.0. The van der Waals surface area contributed by atoms with Crippen LogP contribution in [-0.2, 0) is 19.4 Å². The number of nitrogens with zero attached hydrogens (tertiary/aromatic N) is 3. The van der Waals surface area contributed by atoms with Crippen LogP contribution in [0.1, 0.15) is 51.4 Å². The van der Waals surface area contributed by atoms with Crippen LogP contribution in [0.2, 0.25) is 5.02 Å². The number of benzene rings is 1. The van der Waals surface area contributed by atoms with Gasteiger partial charge in [0.15, 0.2) is 16.1 Å². The van der Waals surface area contributed by atoms with Crippen molar-refractivity contribution in [3.63, 3.8) is 0 Å². The molecule has 11 heteroatoms. The number of ether oxygens (including phenoxy) is 1. The zero-order valence-electron chi connectivity index (χ0n) is 19.4. The monoisotopic (exact) mass is 520 g/mol. The van der Waals surface area contributed by atoms with Crippen LogP contribution in [0, 0.1) is 11.3 Å². The lowest BCUT2D eigenvalue weighted by atomic mass is 10.1. The molecule has 2 amide bonds. The van der Waals surface area contributed by atoms with E-state index >= 15 is 0 Å². The van der Waals surface area contributed by atoms with Gasteiger partial charge in [0.2, 0.25) is 5.91 Å². The first-order valence-electron chi connectivity index (χ1n) is 12.2. The predicted octanol–water partition coefficient (Wildman–Crippen LogP) is 2.84. The number of rotatable bonds is 6. The van der Waals surface area contributed by atoms with Crippen LogP contribution in [0.3, 0.4) is 0 Å². The second-order valence-corrected chi connectivity index (χ2v) is 12.7. The van der Waals surface area contributed by atoms with Crippen LogP contribution < -0.4 is 5.32 Å². The molecule has 1 N–H and O–H groups in total. The molecule has 2 heterocycles. The van der Waals surface area contributed by atoms with Crippen molar-refractivity contribution >= 4 is 33.4 Å². The highest BCUT2D eigenvalue weighted by atomic mass is 35.5. The van der Waals surface area contributed by atoms with Gasteiger partial charge in [-0.25, -0.2) is 13.2 Å². The fourth-order valence-electron chi connectivity index (χ4n) is 5.28. The molecule has 2 aliphatic carbocycles. The Morgan fingerprint density at radius 3 is 2.40 bits per heavy atom. The molecular weight excluding hydrogens is 492 g/mol. The highest BCUT2D eigenvalue weighted by Crippen LogP contribution is 2.46. The summed E-state index contributed by atoms with van der Waals surface area (Å²) in [7, 11) is -3.89. The van der Waals surface area contributed by atoms with E-state index in [0.717, 1.165) is 32.4 Å². The first-order valence-corrected chi connectivity index (χ1v) is 14.1. The van der Waals surface area contributed by atoms with Gasteiger partial charge in [-0.2, -0.15) is 5.26 Å². The number of halogens is 1. The maximum absolute atomic E-state index is 13.8. The molecule has 1 aromatic rings. The van der Waals surface area contributed by atoms with Gasteiger partial charge < -0.3 is 15.0 Å². The van der Waals surface area contributed by atoms with Gasteiger partial charge in [0.05, 0.1) is 21.2 Å². The Bertz CT molecular complexity index is 1170. The standard InChI is InChI=1S/C24H29ClN4O5S/c25-18-6-2-3-7-19(18)35(32,33)17-14-20(34-22(31)27-23(16-26)8-9-23)29(15-17)21(30)24(10-11-24)28-12-4-1-5-13-28/h2-3,6-7,17,20H,1,4-5,8-15H2,(H,27,31)/t17-,20+/m1/s1. The van der Waals surface area contributed by atoms with E-state index in [9.17, 15) is 23.3 Å². The Labute approximate surface area is 210 Å².